The highest BCUT2D eigenvalue weighted by Gasteiger charge is 2.24. The van der Waals surface area contributed by atoms with Gasteiger partial charge in [0.25, 0.3) is 0 Å². The lowest BCUT2D eigenvalue weighted by atomic mass is 10.2. The van der Waals surface area contributed by atoms with Crippen LogP contribution in [0.4, 0.5) is 0 Å². The number of rotatable bonds is 8. The van der Waals surface area contributed by atoms with Crippen molar-refractivity contribution in [3.05, 3.63) is 30.3 Å². The molecule has 0 radical (unpaired) electrons. The summed E-state index contributed by atoms with van der Waals surface area (Å²) in [6.07, 6.45) is 1.16. The summed E-state index contributed by atoms with van der Waals surface area (Å²) >= 11 is 1.90. The molecule has 0 aromatic heterocycles. The number of guanidine groups is 1. The third-order valence-corrected chi connectivity index (χ3v) is 6.78. The standard InChI is InChI=1S/C17H28N4O2S2.HI/c1-3-25(22,23)20-11-10-19-17(18-2)21-12-9-15(13-21)14-24-16-7-5-4-6-8-16;/h4-8,15,20H,3,9-14H2,1-2H3,(H,18,19);1H. The molecule has 148 valence electrons. The van der Waals surface area contributed by atoms with E-state index in [4.69, 9.17) is 0 Å². The van der Waals surface area contributed by atoms with E-state index in [1.165, 1.54) is 4.90 Å². The zero-order chi connectivity index (χ0) is 18.1. The fourth-order valence-corrected chi connectivity index (χ4v) is 4.37. The van der Waals surface area contributed by atoms with Crippen LogP contribution in [0.25, 0.3) is 0 Å². The SMILES string of the molecule is CCS(=O)(=O)NCCNC(=NC)N1CCC(CSc2ccccc2)C1.I. The first-order valence-electron chi connectivity index (χ1n) is 8.65. The van der Waals surface area contributed by atoms with E-state index in [-0.39, 0.29) is 29.7 Å². The summed E-state index contributed by atoms with van der Waals surface area (Å²) in [5.41, 5.74) is 0. The van der Waals surface area contributed by atoms with E-state index in [9.17, 15) is 8.42 Å². The minimum absolute atomic E-state index is 0. The lowest BCUT2D eigenvalue weighted by Gasteiger charge is -2.21. The molecule has 1 aliphatic heterocycles. The van der Waals surface area contributed by atoms with E-state index >= 15 is 0 Å². The average molecular weight is 512 g/mol. The molecule has 26 heavy (non-hydrogen) atoms. The Bertz CT molecular complexity index is 656. The van der Waals surface area contributed by atoms with E-state index in [1.54, 1.807) is 14.0 Å². The van der Waals surface area contributed by atoms with E-state index in [0.29, 0.717) is 19.0 Å². The topological polar surface area (TPSA) is 73.8 Å². The summed E-state index contributed by atoms with van der Waals surface area (Å²) in [6.45, 7) is 4.51. The average Bonchev–Trinajstić information content (AvgIpc) is 3.10. The molecule has 0 saturated carbocycles. The summed E-state index contributed by atoms with van der Waals surface area (Å²) < 4.78 is 25.4. The zero-order valence-electron chi connectivity index (χ0n) is 15.3. The Kier molecular flexibility index (Phi) is 10.9. The van der Waals surface area contributed by atoms with Crippen LogP contribution in [0.1, 0.15) is 13.3 Å². The fraction of sp³-hybridized carbons (Fsp3) is 0.588. The van der Waals surface area contributed by atoms with Gasteiger partial charge in [0.05, 0.1) is 5.75 Å². The van der Waals surface area contributed by atoms with Gasteiger partial charge in [0.2, 0.25) is 10.0 Å². The molecule has 2 rings (SSSR count). The summed E-state index contributed by atoms with van der Waals surface area (Å²) in [4.78, 5) is 7.89. The highest BCUT2D eigenvalue weighted by Crippen LogP contribution is 2.25. The van der Waals surface area contributed by atoms with Gasteiger partial charge in [-0.2, -0.15) is 0 Å². The zero-order valence-corrected chi connectivity index (χ0v) is 19.3. The maximum atomic E-state index is 11.4. The van der Waals surface area contributed by atoms with Crippen LogP contribution in [-0.2, 0) is 10.0 Å². The highest BCUT2D eigenvalue weighted by atomic mass is 127. The second kappa shape index (κ2) is 12.0. The van der Waals surface area contributed by atoms with Gasteiger partial charge in [-0.05, 0) is 31.4 Å². The van der Waals surface area contributed by atoms with E-state index in [0.717, 1.165) is 31.2 Å². The Balaban J connectivity index is 0.00000338. The lowest BCUT2D eigenvalue weighted by molar-refractivity contribution is 0.474. The van der Waals surface area contributed by atoms with Crippen molar-refractivity contribution in [1.29, 1.82) is 0 Å². The minimum atomic E-state index is -3.13. The second-order valence-electron chi connectivity index (χ2n) is 6.00. The Morgan fingerprint density at radius 1 is 1.31 bits per heavy atom. The van der Waals surface area contributed by atoms with Gasteiger partial charge in [-0.3, -0.25) is 4.99 Å². The molecule has 1 unspecified atom stereocenters. The molecule has 1 saturated heterocycles. The molecule has 1 aromatic carbocycles. The molecule has 6 nitrogen and oxygen atoms in total. The summed E-state index contributed by atoms with van der Waals surface area (Å²) in [6, 6.07) is 10.5. The van der Waals surface area contributed by atoms with Crippen molar-refractivity contribution in [2.45, 2.75) is 18.2 Å². The van der Waals surface area contributed by atoms with Crippen LogP contribution in [0.3, 0.4) is 0 Å². The number of likely N-dealkylation sites (tertiary alicyclic amines) is 1. The van der Waals surface area contributed by atoms with Gasteiger partial charge in [-0.1, -0.05) is 18.2 Å². The van der Waals surface area contributed by atoms with Crippen LogP contribution < -0.4 is 10.0 Å². The first-order chi connectivity index (χ1) is 12.0. The molecule has 1 atom stereocenters. The van der Waals surface area contributed by atoms with Crippen molar-refractivity contribution in [3.63, 3.8) is 0 Å². The molecule has 0 bridgehead atoms. The van der Waals surface area contributed by atoms with E-state index < -0.39 is 10.0 Å². The summed E-state index contributed by atoms with van der Waals surface area (Å²) in [7, 11) is -1.36. The normalized spacial score (nSPS) is 17.8. The van der Waals surface area contributed by atoms with Crippen molar-refractivity contribution >= 4 is 51.7 Å². The quantitative estimate of drug-likeness (QED) is 0.184. The highest BCUT2D eigenvalue weighted by molar-refractivity contribution is 14.0. The van der Waals surface area contributed by atoms with Gasteiger partial charge >= 0.3 is 0 Å². The minimum Gasteiger partial charge on any atom is -0.355 e. The smallest absolute Gasteiger partial charge is 0.211 e. The van der Waals surface area contributed by atoms with Crippen LogP contribution in [0.15, 0.2) is 40.2 Å². The van der Waals surface area contributed by atoms with Crippen LogP contribution in [0.5, 0.6) is 0 Å². The molecular weight excluding hydrogens is 483 g/mol. The Morgan fingerprint density at radius 3 is 2.69 bits per heavy atom. The third kappa shape index (κ3) is 8.01. The Hall–Kier alpha value is -0.520. The molecular formula is C17H29IN4O2S2. The summed E-state index contributed by atoms with van der Waals surface area (Å²) in [5, 5.41) is 3.24. The molecule has 1 aliphatic rings. The van der Waals surface area contributed by atoms with E-state index in [1.807, 2.05) is 17.8 Å². The summed E-state index contributed by atoms with van der Waals surface area (Å²) in [5.74, 6) is 2.70. The Labute approximate surface area is 178 Å². The number of sulfonamides is 1. The van der Waals surface area contributed by atoms with Crippen molar-refractivity contribution in [2.24, 2.45) is 10.9 Å². The van der Waals surface area contributed by atoms with Crippen molar-refractivity contribution in [1.82, 2.24) is 14.9 Å². The van der Waals surface area contributed by atoms with Gasteiger partial charge < -0.3 is 10.2 Å². The largest absolute Gasteiger partial charge is 0.355 e. The maximum Gasteiger partial charge on any atom is 0.211 e. The predicted molar refractivity (Wildman–Crippen MR) is 121 cm³/mol. The molecule has 2 N–H and O–H groups in total. The van der Waals surface area contributed by atoms with Crippen molar-refractivity contribution in [2.75, 3.05) is 44.7 Å². The van der Waals surface area contributed by atoms with Crippen molar-refractivity contribution in [3.8, 4) is 0 Å². The molecule has 9 heteroatoms. The van der Waals surface area contributed by atoms with Crippen LogP contribution >= 0.6 is 35.7 Å². The first kappa shape index (κ1) is 23.5. The molecule has 1 fully saturated rings. The monoisotopic (exact) mass is 512 g/mol. The number of hydrogen-bond acceptors (Lipinski definition) is 4. The Morgan fingerprint density at radius 2 is 2.04 bits per heavy atom. The van der Waals surface area contributed by atoms with Gasteiger partial charge in [0.15, 0.2) is 5.96 Å². The molecule has 0 aliphatic carbocycles. The van der Waals surface area contributed by atoms with Gasteiger partial charge in [0.1, 0.15) is 0 Å². The second-order valence-corrected chi connectivity index (χ2v) is 9.19. The van der Waals surface area contributed by atoms with Gasteiger partial charge in [-0.25, -0.2) is 13.1 Å². The number of nitrogens with one attached hydrogen (secondary N) is 2. The van der Waals surface area contributed by atoms with Crippen LogP contribution in [0.2, 0.25) is 0 Å². The first-order valence-corrected chi connectivity index (χ1v) is 11.3. The maximum absolute atomic E-state index is 11.4. The third-order valence-electron chi connectivity index (χ3n) is 4.14. The number of thioether (sulfide) groups is 1. The van der Waals surface area contributed by atoms with Crippen LogP contribution in [0, 0.1) is 5.92 Å². The number of nitrogens with zero attached hydrogens (tertiary/aromatic N) is 2. The fourth-order valence-electron chi connectivity index (χ4n) is 2.71. The molecule has 0 spiro atoms. The number of benzene rings is 1. The van der Waals surface area contributed by atoms with Crippen molar-refractivity contribution < 1.29 is 8.42 Å². The predicted octanol–water partition coefficient (Wildman–Crippen LogP) is 2.23. The van der Waals surface area contributed by atoms with Gasteiger partial charge in [0, 0.05) is 43.9 Å². The van der Waals surface area contributed by atoms with Gasteiger partial charge in [-0.15, -0.1) is 35.7 Å². The molecule has 1 aromatic rings. The molecule has 0 amide bonds. The van der Waals surface area contributed by atoms with Crippen LogP contribution in [-0.4, -0.2) is 64.0 Å². The lowest BCUT2D eigenvalue weighted by Crippen LogP contribution is -2.43. The number of aliphatic imine (C=N–C) groups is 1. The number of hydrogen-bond donors (Lipinski definition) is 2. The molecule has 1 heterocycles. The van der Waals surface area contributed by atoms with E-state index in [2.05, 4.69) is 44.2 Å². The number of halogens is 1.